The van der Waals surface area contributed by atoms with Crippen molar-refractivity contribution >= 4 is 7.85 Å². The lowest BCUT2D eigenvalue weighted by atomic mass is 9.93. The van der Waals surface area contributed by atoms with E-state index in [0.717, 1.165) is 0 Å². The maximum absolute atomic E-state index is 5.66. The molecule has 5 heteroatoms. The lowest BCUT2D eigenvalue weighted by molar-refractivity contribution is -0.0481. The third kappa shape index (κ3) is 2.95. The third-order valence-electron chi connectivity index (χ3n) is 2.04. The van der Waals surface area contributed by atoms with E-state index in [1.54, 1.807) is 14.2 Å². The molecule has 1 aliphatic heterocycles. The molecule has 2 radical (unpaired) electrons. The Hall–Kier alpha value is -0.0951. The molecule has 3 atom stereocenters. The number of methoxy groups -OCH3 is 2. The molecule has 1 fully saturated rings. The summed E-state index contributed by atoms with van der Waals surface area (Å²) in [6.45, 7) is 1.56. The van der Waals surface area contributed by atoms with Crippen LogP contribution in [0.1, 0.15) is 0 Å². The lowest BCUT2D eigenvalue weighted by Crippen LogP contribution is -2.35. The van der Waals surface area contributed by atoms with Crippen molar-refractivity contribution in [2.75, 3.05) is 34.0 Å². The maximum atomic E-state index is 5.66. The highest BCUT2D eigenvalue weighted by molar-refractivity contribution is 6.11. The Bertz CT molecular complexity index is 144. The predicted octanol–water partition coefficient (Wildman–Crippen LogP) is -0.442. The Morgan fingerprint density at radius 1 is 1.38 bits per heavy atom. The molecule has 0 aromatic rings. The van der Waals surface area contributed by atoms with Crippen molar-refractivity contribution in [3.05, 3.63) is 0 Å². The van der Waals surface area contributed by atoms with Crippen molar-refractivity contribution in [2.45, 2.75) is 18.2 Å². The first-order valence-corrected chi connectivity index (χ1v) is 4.30. The Morgan fingerprint density at radius 3 is 2.77 bits per heavy atom. The summed E-state index contributed by atoms with van der Waals surface area (Å²) in [4.78, 5) is 0. The number of hydrogen-bond donors (Lipinski definition) is 0. The van der Waals surface area contributed by atoms with Crippen LogP contribution >= 0.6 is 0 Å². The highest BCUT2D eigenvalue weighted by atomic mass is 16.6. The Labute approximate surface area is 79.9 Å². The zero-order chi connectivity index (χ0) is 9.68. The molecule has 1 saturated heterocycles. The van der Waals surface area contributed by atoms with E-state index >= 15 is 0 Å². The van der Waals surface area contributed by atoms with Gasteiger partial charge in [0.2, 0.25) is 0 Å². The van der Waals surface area contributed by atoms with Crippen molar-refractivity contribution in [3.8, 4) is 0 Å². The van der Waals surface area contributed by atoms with Gasteiger partial charge in [0.25, 0.3) is 0 Å². The molecule has 1 rings (SSSR count). The highest BCUT2D eigenvalue weighted by Crippen LogP contribution is 2.17. The molecule has 4 nitrogen and oxygen atoms in total. The Balaban J connectivity index is 2.27. The smallest absolute Gasteiger partial charge is 0.112 e. The summed E-state index contributed by atoms with van der Waals surface area (Å²) < 4.78 is 20.7. The van der Waals surface area contributed by atoms with E-state index in [-0.39, 0.29) is 18.2 Å². The highest BCUT2D eigenvalue weighted by Gasteiger charge is 2.34. The molecular weight excluding hydrogens is 171 g/mol. The van der Waals surface area contributed by atoms with Gasteiger partial charge in [-0.05, 0) is 0 Å². The van der Waals surface area contributed by atoms with Gasteiger partial charge in [0.05, 0.1) is 19.8 Å². The van der Waals surface area contributed by atoms with E-state index < -0.39 is 0 Å². The molecule has 0 spiro atoms. The molecule has 0 N–H and O–H groups in total. The molecule has 0 amide bonds. The first kappa shape index (κ1) is 11.0. The number of rotatable bonds is 5. The van der Waals surface area contributed by atoms with Crippen molar-refractivity contribution in [2.24, 2.45) is 0 Å². The Morgan fingerprint density at radius 2 is 2.15 bits per heavy atom. The SMILES string of the molecule is [B][C@@H]1OCC(OC)C1OCCOC. The van der Waals surface area contributed by atoms with Gasteiger partial charge in [-0.25, -0.2) is 0 Å². The second kappa shape index (κ2) is 5.60. The van der Waals surface area contributed by atoms with Crippen LogP contribution in [0.5, 0.6) is 0 Å². The zero-order valence-corrected chi connectivity index (χ0v) is 8.06. The molecule has 1 heterocycles. The molecule has 13 heavy (non-hydrogen) atoms. The van der Waals surface area contributed by atoms with Gasteiger partial charge in [0.1, 0.15) is 20.1 Å². The van der Waals surface area contributed by atoms with Crippen LogP contribution < -0.4 is 0 Å². The molecular formula is C8H15BO4. The van der Waals surface area contributed by atoms with Crippen molar-refractivity contribution in [1.82, 2.24) is 0 Å². The summed E-state index contributed by atoms with van der Waals surface area (Å²) in [7, 11) is 8.91. The van der Waals surface area contributed by atoms with Crippen LogP contribution in [0.3, 0.4) is 0 Å². The molecule has 0 aliphatic carbocycles. The predicted molar refractivity (Wildman–Crippen MR) is 47.9 cm³/mol. The van der Waals surface area contributed by atoms with E-state index in [0.29, 0.717) is 19.8 Å². The van der Waals surface area contributed by atoms with E-state index in [1.165, 1.54) is 0 Å². The summed E-state index contributed by atoms with van der Waals surface area (Å²) in [6.07, 6.45) is -0.244. The topological polar surface area (TPSA) is 36.9 Å². The Kier molecular flexibility index (Phi) is 4.73. The normalized spacial score (nSPS) is 33.8. The summed E-state index contributed by atoms with van der Waals surface area (Å²) >= 11 is 0. The quantitative estimate of drug-likeness (QED) is 0.430. The van der Waals surface area contributed by atoms with E-state index in [4.69, 9.17) is 26.8 Å². The first-order valence-electron chi connectivity index (χ1n) is 4.30. The summed E-state index contributed by atoms with van der Waals surface area (Å²) in [6, 6.07) is -0.387. The van der Waals surface area contributed by atoms with E-state index in [1.807, 2.05) is 0 Å². The molecule has 74 valence electrons. The minimum absolute atomic E-state index is 0.0631. The fourth-order valence-electron chi connectivity index (χ4n) is 1.28. The van der Waals surface area contributed by atoms with Gasteiger partial charge in [0.15, 0.2) is 0 Å². The van der Waals surface area contributed by atoms with Crippen LogP contribution in [0.15, 0.2) is 0 Å². The fraction of sp³-hybridized carbons (Fsp3) is 1.00. The second-order valence-corrected chi connectivity index (χ2v) is 2.90. The van der Waals surface area contributed by atoms with Gasteiger partial charge in [-0.1, -0.05) is 0 Å². The fourth-order valence-corrected chi connectivity index (χ4v) is 1.28. The van der Waals surface area contributed by atoms with Crippen LogP contribution in [0.25, 0.3) is 0 Å². The van der Waals surface area contributed by atoms with Crippen molar-refractivity contribution in [3.63, 3.8) is 0 Å². The zero-order valence-electron chi connectivity index (χ0n) is 8.06. The third-order valence-corrected chi connectivity index (χ3v) is 2.04. The largest absolute Gasteiger partial charge is 0.382 e. The number of ether oxygens (including phenoxy) is 4. The van der Waals surface area contributed by atoms with Gasteiger partial charge in [0, 0.05) is 20.2 Å². The average molecular weight is 186 g/mol. The molecule has 0 bridgehead atoms. The van der Waals surface area contributed by atoms with Crippen molar-refractivity contribution < 1.29 is 18.9 Å². The van der Waals surface area contributed by atoms with Gasteiger partial charge in [-0.3, -0.25) is 0 Å². The first-order chi connectivity index (χ1) is 6.29. The minimum Gasteiger partial charge on any atom is -0.382 e. The second-order valence-electron chi connectivity index (χ2n) is 2.90. The summed E-state index contributed by atoms with van der Waals surface area (Å²) in [5.41, 5.74) is 0. The van der Waals surface area contributed by atoms with Crippen LogP contribution in [0.2, 0.25) is 0 Å². The van der Waals surface area contributed by atoms with Crippen LogP contribution in [0.4, 0.5) is 0 Å². The molecule has 0 aromatic carbocycles. The van der Waals surface area contributed by atoms with Gasteiger partial charge >= 0.3 is 0 Å². The van der Waals surface area contributed by atoms with Crippen LogP contribution in [-0.4, -0.2) is 60.1 Å². The molecule has 0 saturated carbocycles. The van der Waals surface area contributed by atoms with Crippen molar-refractivity contribution in [1.29, 1.82) is 0 Å². The number of hydrogen-bond acceptors (Lipinski definition) is 4. The van der Waals surface area contributed by atoms with E-state index in [9.17, 15) is 0 Å². The van der Waals surface area contributed by atoms with E-state index in [2.05, 4.69) is 0 Å². The molecule has 0 aromatic heterocycles. The minimum atomic E-state index is -0.387. The van der Waals surface area contributed by atoms with Crippen LogP contribution in [-0.2, 0) is 18.9 Å². The molecule has 1 aliphatic rings. The van der Waals surface area contributed by atoms with Gasteiger partial charge in [-0.15, -0.1) is 0 Å². The van der Waals surface area contributed by atoms with Crippen LogP contribution in [0, 0.1) is 0 Å². The monoisotopic (exact) mass is 186 g/mol. The summed E-state index contributed by atoms with van der Waals surface area (Å²) in [5, 5.41) is 0. The molecule has 2 unspecified atom stereocenters. The van der Waals surface area contributed by atoms with Gasteiger partial charge < -0.3 is 18.9 Å². The standard InChI is InChI=1S/C8H15BO4/c1-10-3-4-12-7-6(11-2)5-13-8(7)9/h6-8H,3-5H2,1-2H3/t6?,7?,8-/m1/s1. The van der Waals surface area contributed by atoms with Gasteiger partial charge in [-0.2, -0.15) is 0 Å². The maximum Gasteiger partial charge on any atom is 0.112 e. The lowest BCUT2D eigenvalue weighted by Gasteiger charge is -2.20. The average Bonchev–Trinajstić information content (AvgIpc) is 2.48. The summed E-state index contributed by atoms with van der Waals surface area (Å²) in [5.74, 6) is 0.